The number of nitrogens with one attached hydrogen (secondary N) is 1. The highest BCUT2D eigenvalue weighted by atomic mass is 32.2. The van der Waals surface area contributed by atoms with Crippen LogP contribution in [0.4, 0.5) is 5.82 Å². The summed E-state index contributed by atoms with van der Waals surface area (Å²) in [6.07, 6.45) is 1.69. The van der Waals surface area contributed by atoms with E-state index in [9.17, 15) is 18.3 Å². The molecule has 0 radical (unpaired) electrons. The van der Waals surface area contributed by atoms with Crippen molar-refractivity contribution in [3.05, 3.63) is 18.2 Å². The number of hydrogen-bond donors (Lipinski definition) is 2. The zero-order valence-electron chi connectivity index (χ0n) is 11.4. The van der Waals surface area contributed by atoms with E-state index in [0.717, 1.165) is 12.8 Å². The molecule has 0 bridgehead atoms. The van der Waals surface area contributed by atoms with Crippen LogP contribution in [0.1, 0.15) is 19.3 Å². The normalized spacial score (nSPS) is 22.3. The van der Waals surface area contributed by atoms with Gasteiger partial charge in [0.15, 0.2) is 5.03 Å². The van der Waals surface area contributed by atoms with E-state index in [-0.39, 0.29) is 10.9 Å². The molecule has 1 aliphatic carbocycles. The zero-order chi connectivity index (χ0) is 15.0. The first-order valence-electron chi connectivity index (χ1n) is 6.92. The highest BCUT2D eigenvalue weighted by Crippen LogP contribution is 2.29. The number of sulfonamides is 1. The van der Waals surface area contributed by atoms with Crippen molar-refractivity contribution in [3.8, 4) is 0 Å². The van der Waals surface area contributed by atoms with Crippen LogP contribution in [0.2, 0.25) is 0 Å². The van der Waals surface area contributed by atoms with Crippen molar-refractivity contribution in [1.29, 1.82) is 0 Å². The fourth-order valence-corrected chi connectivity index (χ4v) is 3.30. The molecule has 0 aromatic carbocycles. The van der Waals surface area contributed by atoms with Crippen molar-refractivity contribution in [2.45, 2.75) is 30.4 Å². The molecule has 21 heavy (non-hydrogen) atoms. The summed E-state index contributed by atoms with van der Waals surface area (Å²) in [5.41, 5.74) is 0. The summed E-state index contributed by atoms with van der Waals surface area (Å²) >= 11 is 0. The molecule has 0 unspecified atom stereocenters. The number of pyridine rings is 1. The lowest BCUT2D eigenvalue weighted by Gasteiger charge is -2.17. The molecule has 3 rings (SSSR count). The monoisotopic (exact) mass is 311 g/mol. The summed E-state index contributed by atoms with van der Waals surface area (Å²) in [7, 11) is -3.93. The van der Waals surface area contributed by atoms with Crippen molar-refractivity contribution in [1.82, 2.24) is 9.71 Å². The Morgan fingerprint density at radius 2 is 2.10 bits per heavy atom. The average Bonchev–Trinajstić information content (AvgIpc) is 3.21. The molecule has 1 aliphatic heterocycles. The topological polar surface area (TPSA) is 99.6 Å². The second-order valence-electron chi connectivity index (χ2n) is 5.47. The van der Waals surface area contributed by atoms with Crippen molar-refractivity contribution >= 4 is 21.7 Å². The van der Waals surface area contributed by atoms with E-state index in [0.29, 0.717) is 25.3 Å². The Morgan fingerprint density at radius 1 is 1.33 bits per heavy atom. The van der Waals surface area contributed by atoms with Gasteiger partial charge in [-0.05, 0) is 31.4 Å². The fourth-order valence-electron chi connectivity index (χ4n) is 2.29. The van der Waals surface area contributed by atoms with Crippen LogP contribution in [-0.4, -0.2) is 43.6 Å². The fraction of sp³-hybridized carbons (Fsp3) is 0.538. The Kier molecular flexibility index (Phi) is 3.58. The van der Waals surface area contributed by atoms with E-state index in [1.807, 2.05) is 4.90 Å². The van der Waals surface area contributed by atoms with Gasteiger partial charge in [-0.1, -0.05) is 6.07 Å². The summed E-state index contributed by atoms with van der Waals surface area (Å²) in [6, 6.07) is 4.64. The van der Waals surface area contributed by atoms with Gasteiger partial charge in [0.2, 0.25) is 5.91 Å². The second-order valence-corrected chi connectivity index (χ2v) is 7.10. The minimum Gasteiger partial charge on any atom is -0.391 e. The standard InChI is InChI=1S/C13H17N3O4S/c17-10-6-7-16(8-10)11-2-1-3-12(14-11)21(19,20)15-13(18)9-4-5-9/h1-3,9-10,17H,4-8H2,(H,15,18)/t10-/m0/s1. The first-order chi connectivity index (χ1) is 9.95. The molecule has 2 heterocycles. The number of carbonyl (C=O) groups is 1. The number of β-amino-alcohol motifs (C(OH)–C–C–N with tert-alkyl or cyclic N) is 1. The summed E-state index contributed by atoms with van der Waals surface area (Å²) in [6.45, 7) is 1.07. The number of nitrogens with zero attached hydrogens (tertiary/aromatic N) is 2. The molecule has 7 nitrogen and oxygen atoms in total. The molecule has 1 aromatic heterocycles. The molecular weight excluding hydrogens is 294 g/mol. The van der Waals surface area contributed by atoms with Crippen LogP contribution in [0, 0.1) is 5.92 Å². The third kappa shape index (κ3) is 3.16. The van der Waals surface area contributed by atoms with Gasteiger partial charge in [0.1, 0.15) is 5.82 Å². The first-order valence-corrected chi connectivity index (χ1v) is 8.41. The van der Waals surface area contributed by atoms with Crippen molar-refractivity contribution in [2.75, 3.05) is 18.0 Å². The second kappa shape index (κ2) is 5.27. The summed E-state index contributed by atoms with van der Waals surface area (Å²) in [5.74, 6) is -0.149. The lowest BCUT2D eigenvalue weighted by molar-refractivity contribution is -0.120. The third-order valence-electron chi connectivity index (χ3n) is 3.65. The van der Waals surface area contributed by atoms with Crippen LogP contribution in [0.3, 0.4) is 0 Å². The molecule has 1 saturated heterocycles. The van der Waals surface area contributed by atoms with Crippen LogP contribution in [0.5, 0.6) is 0 Å². The van der Waals surface area contributed by atoms with Crippen LogP contribution in [-0.2, 0) is 14.8 Å². The van der Waals surface area contributed by atoms with E-state index >= 15 is 0 Å². The molecule has 1 atom stereocenters. The van der Waals surface area contributed by atoms with Crippen LogP contribution in [0.15, 0.2) is 23.2 Å². The van der Waals surface area contributed by atoms with Gasteiger partial charge in [-0.25, -0.2) is 9.71 Å². The Morgan fingerprint density at radius 3 is 2.71 bits per heavy atom. The molecule has 0 spiro atoms. The van der Waals surface area contributed by atoms with Gasteiger partial charge in [-0.3, -0.25) is 4.79 Å². The predicted octanol–water partition coefficient (Wildman–Crippen LogP) is -0.133. The van der Waals surface area contributed by atoms with E-state index in [2.05, 4.69) is 9.71 Å². The number of hydrogen-bond acceptors (Lipinski definition) is 6. The summed E-state index contributed by atoms with van der Waals surface area (Å²) in [5, 5.41) is 9.36. The molecule has 1 saturated carbocycles. The number of aliphatic hydroxyl groups excluding tert-OH is 1. The van der Waals surface area contributed by atoms with E-state index in [4.69, 9.17) is 0 Å². The third-order valence-corrected chi connectivity index (χ3v) is 4.90. The largest absolute Gasteiger partial charge is 0.391 e. The van der Waals surface area contributed by atoms with Crippen molar-refractivity contribution in [2.24, 2.45) is 5.92 Å². The minimum absolute atomic E-state index is 0.171. The van der Waals surface area contributed by atoms with Gasteiger partial charge in [0.05, 0.1) is 6.10 Å². The lowest BCUT2D eigenvalue weighted by Crippen LogP contribution is -2.32. The molecule has 1 aromatic rings. The highest BCUT2D eigenvalue weighted by molar-refractivity contribution is 7.90. The Labute approximate surface area is 123 Å². The highest BCUT2D eigenvalue weighted by Gasteiger charge is 2.33. The summed E-state index contributed by atoms with van der Waals surface area (Å²) in [4.78, 5) is 17.5. The van der Waals surface area contributed by atoms with Gasteiger partial charge >= 0.3 is 0 Å². The Bertz CT molecular complexity index is 657. The Hall–Kier alpha value is -1.67. The number of amides is 1. The van der Waals surface area contributed by atoms with Crippen LogP contribution in [0.25, 0.3) is 0 Å². The molecule has 114 valence electrons. The van der Waals surface area contributed by atoms with E-state index in [1.54, 1.807) is 12.1 Å². The van der Waals surface area contributed by atoms with Gasteiger partial charge in [0, 0.05) is 19.0 Å². The lowest BCUT2D eigenvalue weighted by atomic mass is 10.3. The van der Waals surface area contributed by atoms with E-state index < -0.39 is 22.0 Å². The first kappa shape index (κ1) is 14.3. The SMILES string of the molecule is O=C(NS(=O)(=O)c1cccc(N2CC[C@H](O)C2)n1)C1CC1. The molecular formula is C13H17N3O4S. The Balaban J connectivity index is 1.79. The number of aliphatic hydroxyl groups is 1. The van der Waals surface area contributed by atoms with Crippen LogP contribution < -0.4 is 9.62 Å². The number of carbonyl (C=O) groups excluding carboxylic acids is 1. The molecule has 2 N–H and O–H groups in total. The maximum Gasteiger partial charge on any atom is 0.281 e. The number of anilines is 1. The average molecular weight is 311 g/mol. The molecule has 1 amide bonds. The molecule has 8 heteroatoms. The predicted molar refractivity (Wildman–Crippen MR) is 75.1 cm³/mol. The summed E-state index contributed by atoms with van der Waals surface area (Å²) < 4.78 is 26.4. The maximum absolute atomic E-state index is 12.1. The number of aromatic nitrogens is 1. The van der Waals surface area contributed by atoms with Crippen molar-refractivity contribution in [3.63, 3.8) is 0 Å². The minimum atomic E-state index is -3.93. The van der Waals surface area contributed by atoms with Crippen molar-refractivity contribution < 1.29 is 18.3 Å². The molecule has 2 fully saturated rings. The molecule has 2 aliphatic rings. The maximum atomic E-state index is 12.1. The van der Waals surface area contributed by atoms with Crippen LogP contribution >= 0.6 is 0 Å². The smallest absolute Gasteiger partial charge is 0.281 e. The number of rotatable bonds is 4. The quantitative estimate of drug-likeness (QED) is 0.803. The van der Waals surface area contributed by atoms with E-state index in [1.165, 1.54) is 6.07 Å². The van der Waals surface area contributed by atoms with Gasteiger partial charge in [-0.2, -0.15) is 8.42 Å². The van der Waals surface area contributed by atoms with Gasteiger partial charge < -0.3 is 10.0 Å². The zero-order valence-corrected chi connectivity index (χ0v) is 12.2. The van der Waals surface area contributed by atoms with Gasteiger partial charge in [-0.15, -0.1) is 0 Å². The van der Waals surface area contributed by atoms with Gasteiger partial charge in [0.25, 0.3) is 10.0 Å².